The van der Waals surface area contributed by atoms with Crippen LogP contribution in [-0.2, 0) is 26.0 Å². The number of halogens is 1. The highest BCUT2D eigenvalue weighted by atomic mass is 35.5. The Morgan fingerprint density at radius 2 is 1.67 bits per heavy atom. The number of thiophene rings is 1. The smallest absolute Gasteiger partial charge is 0.309 e. The number of carbonyl (C=O) groups is 2. The quantitative estimate of drug-likeness (QED) is 0.524. The molecule has 0 saturated heterocycles. The number of sulfone groups is 1. The average molecular weight is 464 g/mol. The van der Waals surface area contributed by atoms with Crippen molar-refractivity contribution in [3.05, 3.63) is 81.8 Å². The maximum Gasteiger partial charge on any atom is 0.309 e. The van der Waals surface area contributed by atoms with Gasteiger partial charge in [-0.05, 0) is 53.4 Å². The molecule has 0 unspecified atom stereocenters. The maximum atomic E-state index is 13.1. The third-order valence-electron chi connectivity index (χ3n) is 4.23. The van der Waals surface area contributed by atoms with Crippen LogP contribution in [-0.4, -0.2) is 31.8 Å². The van der Waals surface area contributed by atoms with E-state index >= 15 is 0 Å². The Hall–Kier alpha value is -2.75. The highest BCUT2D eigenvalue weighted by Gasteiger charge is 2.31. The lowest BCUT2D eigenvalue weighted by atomic mass is 10.3. The van der Waals surface area contributed by atoms with Crippen LogP contribution in [0.5, 0.6) is 0 Å². The maximum absolute atomic E-state index is 13.1. The van der Waals surface area contributed by atoms with Gasteiger partial charge in [0.05, 0.1) is 4.90 Å². The van der Waals surface area contributed by atoms with Crippen LogP contribution in [0.25, 0.3) is 0 Å². The molecule has 0 fully saturated rings. The summed E-state index contributed by atoms with van der Waals surface area (Å²) < 4.78 is 26.3. The van der Waals surface area contributed by atoms with Crippen LogP contribution in [0.15, 0.2) is 71.2 Å². The molecular weight excluding hydrogens is 446 g/mol. The molecule has 1 atom stereocenters. The first-order chi connectivity index (χ1) is 14.4. The molecule has 3 aromatic rings. The van der Waals surface area contributed by atoms with Crippen LogP contribution < -0.4 is 10.6 Å². The van der Waals surface area contributed by atoms with E-state index in [0.29, 0.717) is 9.90 Å². The summed E-state index contributed by atoms with van der Waals surface area (Å²) in [4.78, 5) is 28.8. The molecule has 0 spiro atoms. The Bertz CT molecular complexity index is 1100. The van der Waals surface area contributed by atoms with Gasteiger partial charge >= 0.3 is 11.8 Å². The van der Waals surface area contributed by atoms with Gasteiger partial charge < -0.3 is 10.6 Å². The zero-order chi connectivity index (χ0) is 21.6. The average Bonchev–Trinajstić information content (AvgIpc) is 3.27. The minimum atomic E-state index is -3.82. The van der Waals surface area contributed by atoms with Crippen LogP contribution in [0.2, 0.25) is 5.02 Å². The lowest BCUT2D eigenvalue weighted by Gasteiger charge is -2.17. The lowest BCUT2D eigenvalue weighted by Crippen LogP contribution is -2.42. The van der Waals surface area contributed by atoms with Crippen molar-refractivity contribution < 1.29 is 18.0 Å². The van der Waals surface area contributed by atoms with E-state index in [9.17, 15) is 18.0 Å². The van der Waals surface area contributed by atoms with Crippen molar-refractivity contribution in [1.82, 2.24) is 15.6 Å². The van der Waals surface area contributed by atoms with Crippen molar-refractivity contribution >= 4 is 44.6 Å². The molecule has 2 N–H and O–H groups in total. The summed E-state index contributed by atoms with van der Waals surface area (Å²) in [5.41, 5.74) is 0.785. The standard InChI is InChI=1S/C20H18ClN3O4S2/c21-15-3-5-16(6-4-15)30(27,28)18(17-2-1-11-29-17)13-24-20(26)19(25)23-12-14-7-9-22-10-8-14/h1-11,18H,12-13H2,(H,23,25)(H,24,26)/t18-/m0/s1. The molecule has 2 amide bonds. The second kappa shape index (κ2) is 9.84. The van der Waals surface area contributed by atoms with E-state index in [2.05, 4.69) is 15.6 Å². The van der Waals surface area contributed by atoms with Crippen molar-refractivity contribution in [3.8, 4) is 0 Å². The number of rotatable bonds is 7. The van der Waals surface area contributed by atoms with E-state index < -0.39 is 26.9 Å². The van der Waals surface area contributed by atoms with Gasteiger partial charge in [-0.15, -0.1) is 11.3 Å². The fourth-order valence-corrected chi connectivity index (χ4v) is 5.57. The van der Waals surface area contributed by atoms with Gasteiger partial charge in [0.2, 0.25) is 0 Å². The number of aromatic nitrogens is 1. The molecule has 1 aromatic carbocycles. The third-order valence-corrected chi connectivity index (χ3v) is 7.72. The van der Waals surface area contributed by atoms with Gasteiger partial charge in [0, 0.05) is 35.4 Å². The van der Waals surface area contributed by atoms with Gasteiger partial charge in [0.1, 0.15) is 5.25 Å². The number of carbonyl (C=O) groups excluding carboxylic acids is 2. The van der Waals surface area contributed by atoms with Gasteiger partial charge in [-0.2, -0.15) is 0 Å². The van der Waals surface area contributed by atoms with Crippen LogP contribution >= 0.6 is 22.9 Å². The molecule has 156 valence electrons. The first-order valence-corrected chi connectivity index (χ1v) is 11.7. The van der Waals surface area contributed by atoms with E-state index in [1.165, 1.54) is 35.6 Å². The van der Waals surface area contributed by atoms with Crippen molar-refractivity contribution in [2.24, 2.45) is 0 Å². The third kappa shape index (κ3) is 5.44. The molecule has 0 aliphatic heterocycles. The topological polar surface area (TPSA) is 105 Å². The lowest BCUT2D eigenvalue weighted by molar-refractivity contribution is -0.139. The van der Waals surface area contributed by atoms with Crippen molar-refractivity contribution in [2.45, 2.75) is 16.7 Å². The van der Waals surface area contributed by atoms with Crippen molar-refractivity contribution in [3.63, 3.8) is 0 Å². The van der Waals surface area contributed by atoms with Gasteiger partial charge in [-0.25, -0.2) is 8.42 Å². The molecule has 30 heavy (non-hydrogen) atoms. The fraction of sp³-hybridized carbons (Fsp3) is 0.150. The Balaban J connectivity index is 1.69. The minimum absolute atomic E-state index is 0.0849. The summed E-state index contributed by atoms with van der Waals surface area (Å²) in [5, 5.41) is 6.06. The summed E-state index contributed by atoms with van der Waals surface area (Å²) in [7, 11) is -3.82. The first kappa shape index (κ1) is 21.9. The monoisotopic (exact) mass is 463 g/mol. The van der Waals surface area contributed by atoms with Gasteiger partial charge in [0.25, 0.3) is 0 Å². The van der Waals surface area contributed by atoms with Gasteiger partial charge in [-0.3, -0.25) is 14.6 Å². The molecule has 7 nitrogen and oxygen atoms in total. The highest BCUT2D eigenvalue weighted by Crippen LogP contribution is 2.31. The van der Waals surface area contributed by atoms with Crippen LogP contribution in [0.3, 0.4) is 0 Å². The fourth-order valence-electron chi connectivity index (χ4n) is 2.66. The predicted octanol–water partition coefficient (Wildman–Crippen LogP) is 2.74. The second-order valence-corrected chi connectivity index (χ2v) is 9.80. The van der Waals surface area contributed by atoms with E-state index in [1.807, 2.05) is 0 Å². The molecular formula is C20H18ClN3O4S2. The molecule has 0 bridgehead atoms. The molecule has 3 rings (SSSR count). The number of nitrogens with zero attached hydrogens (tertiary/aromatic N) is 1. The number of hydrogen-bond donors (Lipinski definition) is 2. The Kier molecular flexibility index (Phi) is 7.20. The molecule has 0 aliphatic rings. The number of benzene rings is 1. The summed E-state index contributed by atoms with van der Waals surface area (Å²) in [6, 6.07) is 12.7. The largest absolute Gasteiger partial charge is 0.346 e. The minimum Gasteiger partial charge on any atom is -0.346 e. The zero-order valence-corrected chi connectivity index (χ0v) is 18.0. The molecule has 0 aliphatic carbocycles. The number of nitrogens with one attached hydrogen (secondary N) is 2. The molecule has 0 radical (unpaired) electrons. The van der Waals surface area contributed by atoms with Crippen molar-refractivity contribution in [1.29, 1.82) is 0 Å². The Morgan fingerprint density at radius 3 is 2.30 bits per heavy atom. The normalized spacial score (nSPS) is 12.2. The van der Waals surface area contributed by atoms with E-state index in [-0.39, 0.29) is 18.0 Å². The predicted molar refractivity (Wildman–Crippen MR) is 115 cm³/mol. The molecule has 0 saturated carbocycles. The second-order valence-electron chi connectivity index (χ2n) is 6.25. The van der Waals surface area contributed by atoms with E-state index in [0.717, 1.165) is 5.56 Å². The number of pyridine rings is 1. The van der Waals surface area contributed by atoms with Crippen molar-refractivity contribution in [2.75, 3.05) is 6.54 Å². The Morgan fingerprint density at radius 1 is 1.00 bits per heavy atom. The molecule has 10 heteroatoms. The Labute approximate surface area is 183 Å². The first-order valence-electron chi connectivity index (χ1n) is 8.85. The summed E-state index contributed by atoms with van der Waals surface area (Å²) in [5.74, 6) is -1.75. The van der Waals surface area contributed by atoms with Crippen LogP contribution in [0, 0.1) is 0 Å². The summed E-state index contributed by atoms with van der Waals surface area (Å²) in [6.45, 7) is -0.0841. The van der Waals surface area contributed by atoms with Gasteiger partial charge in [0.15, 0.2) is 9.84 Å². The number of hydrogen-bond acceptors (Lipinski definition) is 6. The van der Waals surface area contributed by atoms with Crippen LogP contribution in [0.1, 0.15) is 15.7 Å². The summed E-state index contributed by atoms with van der Waals surface area (Å²) in [6.07, 6.45) is 3.16. The number of amides is 2. The highest BCUT2D eigenvalue weighted by molar-refractivity contribution is 7.91. The van der Waals surface area contributed by atoms with Gasteiger partial charge in [-0.1, -0.05) is 17.7 Å². The van der Waals surface area contributed by atoms with Crippen LogP contribution in [0.4, 0.5) is 0 Å². The molecule has 2 heterocycles. The van der Waals surface area contributed by atoms with E-state index in [4.69, 9.17) is 11.6 Å². The van der Waals surface area contributed by atoms with E-state index in [1.54, 1.807) is 42.0 Å². The zero-order valence-electron chi connectivity index (χ0n) is 15.6. The summed E-state index contributed by atoms with van der Waals surface area (Å²) >= 11 is 7.12. The molecule has 2 aromatic heterocycles. The SMILES string of the molecule is O=C(NCc1ccncc1)C(=O)NC[C@@H](c1cccs1)S(=O)(=O)c1ccc(Cl)cc1.